The minimum Gasteiger partial charge on any atom is -0.496 e. The van der Waals surface area contributed by atoms with Gasteiger partial charge in [0.25, 0.3) is 11.1 Å². The number of ether oxygens (including phenoxy) is 3. The van der Waals surface area contributed by atoms with Gasteiger partial charge in [-0.1, -0.05) is 18.2 Å². The Balaban J connectivity index is 2.03. The number of para-hydroxylation sites is 1. The predicted octanol–water partition coefficient (Wildman–Crippen LogP) is 3.95. The molecule has 1 aliphatic heterocycles. The molecule has 0 aromatic heterocycles. The molecule has 2 amide bonds. The quantitative estimate of drug-likeness (QED) is 0.742. The molecule has 0 bridgehead atoms. The number of hydrogen-bond acceptors (Lipinski definition) is 6. The van der Waals surface area contributed by atoms with E-state index in [0.29, 0.717) is 33.4 Å². The number of methoxy groups -OCH3 is 3. The number of anilines is 1. The highest BCUT2D eigenvalue weighted by Gasteiger charge is 2.36. The third-order valence-electron chi connectivity index (χ3n) is 3.84. The zero-order chi connectivity index (χ0) is 18.7. The molecule has 0 unspecified atom stereocenters. The molecule has 0 atom stereocenters. The summed E-state index contributed by atoms with van der Waals surface area (Å²) in [7, 11) is 4.57. The number of benzene rings is 2. The largest absolute Gasteiger partial charge is 0.496 e. The van der Waals surface area contributed by atoms with Crippen LogP contribution in [0.15, 0.2) is 47.4 Å². The van der Waals surface area contributed by atoms with Crippen LogP contribution in [0.25, 0.3) is 6.08 Å². The molecule has 1 fully saturated rings. The zero-order valence-corrected chi connectivity index (χ0v) is 15.3. The molecular formula is C19H17NO5S. The van der Waals surface area contributed by atoms with Gasteiger partial charge in [-0.3, -0.25) is 9.59 Å². The van der Waals surface area contributed by atoms with Crippen molar-refractivity contribution in [2.45, 2.75) is 0 Å². The van der Waals surface area contributed by atoms with Gasteiger partial charge < -0.3 is 14.2 Å². The summed E-state index contributed by atoms with van der Waals surface area (Å²) in [5.74, 6) is 1.14. The summed E-state index contributed by atoms with van der Waals surface area (Å²) in [5, 5.41) is -0.348. The van der Waals surface area contributed by atoms with Gasteiger partial charge in [0.15, 0.2) is 0 Å². The topological polar surface area (TPSA) is 65.1 Å². The Morgan fingerprint density at radius 1 is 0.923 bits per heavy atom. The highest BCUT2D eigenvalue weighted by atomic mass is 32.2. The highest BCUT2D eigenvalue weighted by Crippen LogP contribution is 2.40. The molecule has 1 aliphatic rings. The Morgan fingerprint density at radius 3 is 2.08 bits per heavy atom. The van der Waals surface area contributed by atoms with Crippen molar-refractivity contribution < 1.29 is 23.8 Å². The molecule has 3 rings (SSSR count). The van der Waals surface area contributed by atoms with Gasteiger partial charge in [-0.05, 0) is 30.0 Å². The molecule has 6 nitrogen and oxygen atoms in total. The number of imide groups is 1. The van der Waals surface area contributed by atoms with Crippen molar-refractivity contribution in [1.82, 2.24) is 0 Å². The number of rotatable bonds is 5. The van der Waals surface area contributed by atoms with Gasteiger partial charge in [0.2, 0.25) is 0 Å². The molecule has 0 N–H and O–H groups in total. The average Bonchev–Trinajstić information content (AvgIpc) is 2.95. The maximum atomic E-state index is 12.8. The summed E-state index contributed by atoms with van der Waals surface area (Å²) in [6.45, 7) is 0. The fraction of sp³-hybridized carbons (Fsp3) is 0.158. The number of carbonyl (C=O) groups is 2. The van der Waals surface area contributed by atoms with Gasteiger partial charge in [0, 0.05) is 12.1 Å². The summed E-state index contributed by atoms with van der Waals surface area (Å²) in [5.41, 5.74) is 1.10. The molecule has 134 valence electrons. The molecule has 2 aromatic rings. The van der Waals surface area contributed by atoms with Crippen LogP contribution in [0.1, 0.15) is 5.56 Å². The molecular weight excluding hydrogens is 354 g/mol. The van der Waals surface area contributed by atoms with Gasteiger partial charge in [-0.25, -0.2) is 4.90 Å². The lowest BCUT2D eigenvalue weighted by Gasteiger charge is -2.13. The summed E-state index contributed by atoms with van der Waals surface area (Å²) >= 11 is 0.876. The molecule has 0 spiro atoms. The summed E-state index contributed by atoms with van der Waals surface area (Å²) < 4.78 is 16.0. The van der Waals surface area contributed by atoms with Crippen molar-refractivity contribution in [2.75, 3.05) is 26.2 Å². The van der Waals surface area contributed by atoms with Gasteiger partial charge in [-0.15, -0.1) is 0 Å². The van der Waals surface area contributed by atoms with Crippen molar-refractivity contribution in [3.05, 3.63) is 52.9 Å². The smallest absolute Gasteiger partial charge is 0.298 e. The van der Waals surface area contributed by atoms with E-state index in [4.69, 9.17) is 14.2 Å². The van der Waals surface area contributed by atoms with E-state index in [9.17, 15) is 9.59 Å². The Morgan fingerprint density at radius 2 is 1.54 bits per heavy atom. The highest BCUT2D eigenvalue weighted by molar-refractivity contribution is 8.19. The summed E-state index contributed by atoms with van der Waals surface area (Å²) in [6, 6.07) is 12.2. The van der Waals surface area contributed by atoms with Crippen molar-refractivity contribution in [2.24, 2.45) is 0 Å². The maximum Gasteiger partial charge on any atom is 0.298 e. The predicted molar refractivity (Wildman–Crippen MR) is 101 cm³/mol. The molecule has 2 aromatic carbocycles. The normalized spacial score (nSPS) is 15.5. The fourth-order valence-electron chi connectivity index (χ4n) is 2.57. The van der Waals surface area contributed by atoms with Crippen molar-refractivity contribution >= 4 is 34.7 Å². The molecule has 0 saturated carbocycles. The van der Waals surface area contributed by atoms with Crippen LogP contribution in [0.2, 0.25) is 0 Å². The van der Waals surface area contributed by atoms with E-state index in [2.05, 4.69) is 0 Å². The van der Waals surface area contributed by atoms with Crippen LogP contribution in [0.4, 0.5) is 10.5 Å². The Hall–Kier alpha value is -2.93. The molecule has 26 heavy (non-hydrogen) atoms. The Bertz CT molecular complexity index is 854. The van der Waals surface area contributed by atoms with Gasteiger partial charge in [0.05, 0.1) is 37.5 Å². The molecule has 7 heteroatoms. The van der Waals surface area contributed by atoms with E-state index in [-0.39, 0.29) is 11.1 Å². The molecule has 0 radical (unpaired) electrons. The fourth-order valence-corrected chi connectivity index (χ4v) is 3.40. The maximum absolute atomic E-state index is 12.8. The van der Waals surface area contributed by atoms with Crippen LogP contribution < -0.4 is 19.1 Å². The minimum absolute atomic E-state index is 0.292. The lowest BCUT2D eigenvalue weighted by Crippen LogP contribution is -2.27. The van der Waals surface area contributed by atoms with Crippen LogP contribution in [0, 0.1) is 0 Å². The van der Waals surface area contributed by atoms with Crippen molar-refractivity contribution in [3.8, 4) is 17.2 Å². The minimum atomic E-state index is -0.383. The lowest BCUT2D eigenvalue weighted by atomic mass is 10.1. The lowest BCUT2D eigenvalue weighted by molar-refractivity contribution is -0.113. The first-order chi connectivity index (χ1) is 12.6. The third-order valence-corrected chi connectivity index (χ3v) is 4.71. The molecule has 0 aliphatic carbocycles. The van der Waals surface area contributed by atoms with E-state index in [1.54, 1.807) is 49.6 Å². The summed E-state index contributed by atoms with van der Waals surface area (Å²) in [6.07, 6.45) is 1.60. The average molecular weight is 371 g/mol. The van der Waals surface area contributed by atoms with Crippen LogP contribution in [0.5, 0.6) is 17.2 Å². The van der Waals surface area contributed by atoms with Crippen LogP contribution in [0.3, 0.4) is 0 Å². The van der Waals surface area contributed by atoms with Gasteiger partial charge in [0.1, 0.15) is 17.2 Å². The van der Waals surface area contributed by atoms with Crippen LogP contribution >= 0.6 is 11.8 Å². The standard InChI is InChI=1S/C19H17NO5S/c1-23-13-9-15(24-2)14(16(10-13)25-3)11-17-18(21)20(19(22)26-17)12-7-5-4-6-8-12/h4-11H,1-3H3. The van der Waals surface area contributed by atoms with Crippen molar-refractivity contribution in [1.29, 1.82) is 0 Å². The molecule has 1 saturated heterocycles. The first-order valence-electron chi connectivity index (χ1n) is 7.72. The first kappa shape index (κ1) is 17.9. The van der Waals surface area contributed by atoms with Gasteiger partial charge in [-0.2, -0.15) is 0 Å². The van der Waals surface area contributed by atoms with E-state index in [1.165, 1.54) is 14.2 Å². The second kappa shape index (κ2) is 7.53. The number of thioether (sulfide) groups is 1. The van der Waals surface area contributed by atoms with Crippen molar-refractivity contribution in [3.63, 3.8) is 0 Å². The number of hydrogen-bond donors (Lipinski definition) is 0. The SMILES string of the molecule is COc1cc(OC)c(C=C2SC(=O)N(c3ccccc3)C2=O)c(OC)c1. The number of nitrogens with zero attached hydrogens (tertiary/aromatic N) is 1. The second-order valence-corrected chi connectivity index (χ2v) is 6.29. The number of carbonyl (C=O) groups excluding carboxylic acids is 2. The van der Waals surface area contributed by atoms with Crippen LogP contribution in [-0.4, -0.2) is 32.5 Å². The summed E-state index contributed by atoms with van der Waals surface area (Å²) in [4.78, 5) is 26.5. The number of amides is 2. The Labute approximate surface area is 155 Å². The second-order valence-electron chi connectivity index (χ2n) is 5.30. The van der Waals surface area contributed by atoms with Crippen LogP contribution in [-0.2, 0) is 4.79 Å². The van der Waals surface area contributed by atoms with E-state index in [0.717, 1.165) is 16.7 Å². The monoisotopic (exact) mass is 371 g/mol. The zero-order valence-electron chi connectivity index (χ0n) is 14.5. The third kappa shape index (κ3) is 3.25. The van der Waals surface area contributed by atoms with E-state index < -0.39 is 0 Å². The Kier molecular flexibility index (Phi) is 5.18. The van der Waals surface area contributed by atoms with E-state index >= 15 is 0 Å². The van der Waals surface area contributed by atoms with Gasteiger partial charge >= 0.3 is 0 Å². The van der Waals surface area contributed by atoms with E-state index in [1.807, 2.05) is 6.07 Å². The first-order valence-corrected chi connectivity index (χ1v) is 8.53. The molecule has 1 heterocycles.